The minimum atomic E-state index is -0.721. The molecule has 3 amide bonds. The number of rotatable bonds is 8. The first-order chi connectivity index (χ1) is 13.0. The molecule has 8 nitrogen and oxygen atoms in total. The predicted molar refractivity (Wildman–Crippen MR) is 94.7 cm³/mol. The zero-order valence-corrected chi connectivity index (χ0v) is 15.4. The van der Waals surface area contributed by atoms with Crippen molar-refractivity contribution in [2.75, 3.05) is 20.3 Å². The number of aromatic nitrogens is 3. The SMILES string of the molecule is COCCn1cc(C[C@@H]2NC(=O)N(CCc3c(F)cccc3Cl)C2=O)nn1. The molecular formula is C17H19ClFN5O3. The van der Waals surface area contributed by atoms with Crippen molar-refractivity contribution in [3.8, 4) is 0 Å². The van der Waals surface area contributed by atoms with Gasteiger partial charge in [0.1, 0.15) is 11.9 Å². The number of nitrogens with zero attached hydrogens (tertiary/aromatic N) is 4. The molecule has 1 aromatic heterocycles. The van der Waals surface area contributed by atoms with Gasteiger partial charge in [0, 0.05) is 36.9 Å². The number of amides is 3. The van der Waals surface area contributed by atoms with Crippen LogP contribution in [0.1, 0.15) is 11.3 Å². The highest BCUT2D eigenvalue weighted by atomic mass is 35.5. The lowest BCUT2D eigenvalue weighted by molar-refractivity contribution is -0.127. The summed E-state index contributed by atoms with van der Waals surface area (Å²) in [6.07, 6.45) is 2.08. The Kier molecular flexibility index (Phi) is 6.02. The predicted octanol–water partition coefficient (Wildman–Crippen LogP) is 1.42. The number of halogens is 2. The summed E-state index contributed by atoms with van der Waals surface area (Å²) in [5.41, 5.74) is 0.869. The van der Waals surface area contributed by atoms with Gasteiger partial charge in [0.2, 0.25) is 0 Å². The fourth-order valence-corrected chi connectivity index (χ4v) is 3.11. The van der Waals surface area contributed by atoms with Gasteiger partial charge in [-0.25, -0.2) is 13.9 Å². The molecular weight excluding hydrogens is 377 g/mol. The van der Waals surface area contributed by atoms with Crippen molar-refractivity contribution in [1.29, 1.82) is 0 Å². The summed E-state index contributed by atoms with van der Waals surface area (Å²) in [6, 6.07) is 3.14. The highest BCUT2D eigenvalue weighted by Gasteiger charge is 2.38. The molecule has 0 bridgehead atoms. The molecule has 1 aromatic carbocycles. The quantitative estimate of drug-likeness (QED) is 0.683. The van der Waals surface area contributed by atoms with E-state index in [1.54, 1.807) is 24.1 Å². The zero-order valence-electron chi connectivity index (χ0n) is 14.7. The molecule has 2 aromatic rings. The van der Waals surface area contributed by atoms with E-state index in [-0.39, 0.29) is 35.9 Å². The summed E-state index contributed by atoms with van der Waals surface area (Å²) in [6.45, 7) is 1.08. The number of imide groups is 1. The second kappa shape index (κ2) is 8.45. The molecule has 2 heterocycles. The van der Waals surface area contributed by atoms with Crippen molar-refractivity contribution in [3.05, 3.63) is 46.5 Å². The molecule has 0 saturated carbocycles. The lowest BCUT2D eigenvalue weighted by Gasteiger charge is -2.13. The van der Waals surface area contributed by atoms with Gasteiger partial charge in [0.15, 0.2) is 0 Å². The number of methoxy groups -OCH3 is 1. The Morgan fingerprint density at radius 1 is 1.33 bits per heavy atom. The molecule has 0 radical (unpaired) electrons. The molecule has 0 unspecified atom stereocenters. The standard InChI is InChI=1S/C17H19ClFN5O3/c1-27-8-7-23-10-11(21-22-23)9-15-16(25)24(17(26)20-15)6-5-12-13(18)3-2-4-14(12)19/h2-4,10,15H,5-9H2,1H3,(H,20,26)/t15-/m0/s1. The van der Waals surface area contributed by atoms with Crippen LogP contribution in [0.15, 0.2) is 24.4 Å². The molecule has 1 aliphatic rings. The van der Waals surface area contributed by atoms with Gasteiger partial charge in [-0.3, -0.25) is 9.69 Å². The molecule has 1 N–H and O–H groups in total. The van der Waals surface area contributed by atoms with Crippen molar-refractivity contribution in [2.24, 2.45) is 0 Å². The second-order valence-electron chi connectivity index (χ2n) is 6.11. The molecule has 27 heavy (non-hydrogen) atoms. The molecule has 0 aliphatic carbocycles. The Labute approximate surface area is 160 Å². The third-order valence-corrected chi connectivity index (χ3v) is 4.63. The van der Waals surface area contributed by atoms with Gasteiger partial charge in [-0.15, -0.1) is 5.10 Å². The molecule has 1 atom stereocenters. The fraction of sp³-hybridized carbons (Fsp3) is 0.412. The zero-order chi connectivity index (χ0) is 19.4. The van der Waals surface area contributed by atoms with Gasteiger partial charge in [0.25, 0.3) is 5.91 Å². The topological polar surface area (TPSA) is 89.4 Å². The van der Waals surface area contributed by atoms with Crippen LogP contribution in [0.25, 0.3) is 0 Å². The van der Waals surface area contributed by atoms with Crippen LogP contribution >= 0.6 is 11.6 Å². The van der Waals surface area contributed by atoms with Crippen molar-refractivity contribution in [2.45, 2.75) is 25.4 Å². The van der Waals surface area contributed by atoms with E-state index in [2.05, 4.69) is 15.6 Å². The van der Waals surface area contributed by atoms with Crippen molar-refractivity contribution in [1.82, 2.24) is 25.2 Å². The van der Waals surface area contributed by atoms with E-state index in [1.807, 2.05) is 0 Å². The molecule has 3 rings (SSSR count). The number of hydrogen-bond acceptors (Lipinski definition) is 5. The van der Waals surface area contributed by atoms with Crippen molar-refractivity contribution in [3.63, 3.8) is 0 Å². The molecule has 144 valence electrons. The van der Waals surface area contributed by atoms with Crippen molar-refractivity contribution < 1.29 is 18.7 Å². The average molecular weight is 396 g/mol. The lowest BCUT2D eigenvalue weighted by atomic mass is 10.1. The number of nitrogens with one attached hydrogen (secondary N) is 1. The van der Waals surface area contributed by atoms with E-state index in [1.165, 1.54) is 12.1 Å². The van der Waals surface area contributed by atoms with E-state index >= 15 is 0 Å². The van der Waals surface area contributed by atoms with Gasteiger partial charge in [0.05, 0.1) is 18.8 Å². The summed E-state index contributed by atoms with van der Waals surface area (Å²) in [5, 5.41) is 10.8. The maximum absolute atomic E-state index is 13.9. The van der Waals surface area contributed by atoms with E-state index in [9.17, 15) is 14.0 Å². The molecule has 1 saturated heterocycles. The second-order valence-corrected chi connectivity index (χ2v) is 6.52. The van der Waals surface area contributed by atoms with Crippen LogP contribution in [0, 0.1) is 5.82 Å². The highest BCUT2D eigenvalue weighted by molar-refractivity contribution is 6.31. The highest BCUT2D eigenvalue weighted by Crippen LogP contribution is 2.20. The van der Waals surface area contributed by atoms with Crippen LogP contribution in [-0.2, 0) is 28.9 Å². The fourth-order valence-electron chi connectivity index (χ4n) is 2.86. The summed E-state index contributed by atoms with van der Waals surface area (Å²) >= 11 is 5.99. The minimum Gasteiger partial charge on any atom is -0.383 e. The van der Waals surface area contributed by atoms with Crippen LogP contribution < -0.4 is 5.32 Å². The van der Waals surface area contributed by atoms with Gasteiger partial charge in [-0.2, -0.15) is 0 Å². The van der Waals surface area contributed by atoms with Gasteiger partial charge >= 0.3 is 6.03 Å². The largest absolute Gasteiger partial charge is 0.383 e. The minimum absolute atomic E-state index is 0.0440. The Bertz CT molecular complexity index is 823. The Hall–Kier alpha value is -2.52. The van der Waals surface area contributed by atoms with Gasteiger partial charge < -0.3 is 10.1 Å². The maximum atomic E-state index is 13.9. The van der Waals surface area contributed by atoms with Crippen LogP contribution in [-0.4, -0.2) is 58.1 Å². The van der Waals surface area contributed by atoms with Crippen LogP contribution in [0.5, 0.6) is 0 Å². The maximum Gasteiger partial charge on any atom is 0.324 e. The number of benzene rings is 1. The Morgan fingerprint density at radius 2 is 2.15 bits per heavy atom. The first-order valence-corrected chi connectivity index (χ1v) is 8.80. The lowest BCUT2D eigenvalue weighted by Crippen LogP contribution is -2.34. The first-order valence-electron chi connectivity index (χ1n) is 8.42. The van der Waals surface area contributed by atoms with Crippen molar-refractivity contribution >= 4 is 23.5 Å². The number of carbonyl (C=O) groups is 2. The molecule has 1 fully saturated rings. The Morgan fingerprint density at radius 3 is 2.89 bits per heavy atom. The Balaban J connectivity index is 1.60. The summed E-state index contributed by atoms with van der Waals surface area (Å²) < 4.78 is 20.4. The normalized spacial score (nSPS) is 16.9. The van der Waals surface area contributed by atoms with Crippen LogP contribution in [0.4, 0.5) is 9.18 Å². The number of carbonyl (C=O) groups excluding carboxylic acids is 2. The summed E-state index contributed by atoms with van der Waals surface area (Å²) in [7, 11) is 1.59. The third kappa shape index (κ3) is 4.42. The van der Waals surface area contributed by atoms with Crippen LogP contribution in [0.3, 0.4) is 0 Å². The van der Waals surface area contributed by atoms with Gasteiger partial charge in [-0.05, 0) is 18.6 Å². The summed E-state index contributed by atoms with van der Waals surface area (Å²) in [4.78, 5) is 25.7. The smallest absolute Gasteiger partial charge is 0.324 e. The summed E-state index contributed by atoms with van der Waals surface area (Å²) in [5.74, 6) is -0.835. The molecule has 0 spiro atoms. The number of ether oxygens (including phenoxy) is 1. The van der Waals surface area contributed by atoms with E-state index in [0.29, 0.717) is 18.8 Å². The first kappa shape index (κ1) is 19.2. The van der Waals surface area contributed by atoms with E-state index in [0.717, 1.165) is 4.90 Å². The van der Waals surface area contributed by atoms with E-state index < -0.39 is 17.9 Å². The van der Waals surface area contributed by atoms with Gasteiger partial charge in [-0.1, -0.05) is 22.9 Å². The van der Waals surface area contributed by atoms with Crippen LogP contribution in [0.2, 0.25) is 5.02 Å². The monoisotopic (exact) mass is 395 g/mol. The van der Waals surface area contributed by atoms with E-state index in [4.69, 9.17) is 16.3 Å². The number of hydrogen-bond donors (Lipinski definition) is 1. The average Bonchev–Trinajstić information content (AvgIpc) is 3.18. The number of urea groups is 1. The third-order valence-electron chi connectivity index (χ3n) is 4.28. The molecule has 10 heteroatoms. The molecule has 1 aliphatic heterocycles.